The highest BCUT2D eigenvalue weighted by Gasteiger charge is 2.13. The van der Waals surface area contributed by atoms with Gasteiger partial charge in [-0.1, -0.05) is 24.3 Å². The highest BCUT2D eigenvalue weighted by Crippen LogP contribution is 2.27. The molecule has 0 aromatic heterocycles. The van der Waals surface area contributed by atoms with Crippen molar-refractivity contribution in [2.24, 2.45) is 0 Å². The molecule has 3 nitrogen and oxygen atoms in total. The maximum Gasteiger partial charge on any atom is 0.193 e. The fourth-order valence-electron chi connectivity index (χ4n) is 1.98. The first kappa shape index (κ1) is 15.7. The van der Waals surface area contributed by atoms with E-state index in [1.807, 2.05) is 31.2 Å². The number of methoxy groups -OCH3 is 1. The van der Waals surface area contributed by atoms with Gasteiger partial charge in [0.25, 0.3) is 0 Å². The van der Waals surface area contributed by atoms with Gasteiger partial charge in [0, 0.05) is 18.2 Å². The monoisotopic (exact) mass is 348 g/mol. The largest absolute Gasteiger partial charge is 0.490 e. The summed E-state index contributed by atoms with van der Waals surface area (Å²) in [5.41, 5.74) is 2.33. The van der Waals surface area contributed by atoms with Gasteiger partial charge < -0.3 is 9.47 Å². The molecule has 0 radical (unpaired) electrons. The Hall–Kier alpha value is -1.65. The summed E-state index contributed by atoms with van der Waals surface area (Å²) < 4.78 is 11.3. The van der Waals surface area contributed by atoms with Gasteiger partial charge in [-0.15, -0.1) is 0 Å². The zero-order valence-corrected chi connectivity index (χ0v) is 13.6. The second-order valence-electron chi connectivity index (χ2n) is 4.63. The van der Waals surface area contributed by atoms with Crippen LogP contribution in [0.5, 0.6) is 5.75 Å². The molecule has 0 amide bonds. The Balaban J connectivity index is 2.20. The minimum Gasteiger partial charge on any atom is -0.490 e. The van der Waals surface area contributed by atoms with Crippen molar-refractivity contribution in [1.82, 2.24) is 0 Å². The number of carbonyl (C=O) groups is 1. The fourth-order valence-corrected chi connectivity index (χ4v) is 2.47. The van der Waals surface area contributed by atoms with Gasteiger partial charge in [0.05, 0.1) is 11.1 Å². The van der Waals surface area contributed by atoms with Crippen molar-refractivity contribution < 1.29 is 14.3 Å². The first-order valence-corrected chi connectivity index (χ1v) is 7.44. The van der Waals surface area contributed by atoms with Crippen molar-refractivity contribution in [1.29, 1.82) is 0 Å². The Morgan fingerprint density at radius 3 is 2.57 bits per heavy atom. The number of aryl methyl sites for hydroxylation is 1. The van der Waals surface area contributed by atoms with E-state index in [-0.39, 0.29) is 5.78 Å². The highest BCUT2D eigenvalue weighted by atomic mass is 79.9. The van der Waals surface area contributed by atoms with E-state index in [0.717, 1.165) is 15.6 Å². The number of halogens is 1. The van der Waals surface area contributed by atoms with Gasteiger partial charge in [0.1, 0.15) is 12.4 Å². The number of hydrogen-bond donors (Lipinski definition) is 0. The second-order valence-corrected chi connectivity index (χ2v) is 5.48. The summed E-state index contributed by atoms with van der Waals surface area (Å²) in [5.74, 6) is 0.714. The molecular weight excluding hydrogens is 332 g/mol. The van der Waals surface area contributed by atoms with Gasteiger partial charge in [-0.25, -0.2) is 0 Å². The number of ketones is 1. The molecule has 2 aromatic carbocycles. The average molecular weight is 349 g/mol. The third-order valence-corrected chi connectivity index (χ3v) is 3.75. The van der Waals surface area contributed by atoms with Crippen molar-refractivity contribution in [3.63, 3.8) is 0 Å². The third kappa shape index (κ3) is 3.93. The summed E-state index contributed by atoms with van der Waals surface area (Å²) in [5, 5.41) is 0. The molecule has 0 unspecified atom stereocenters. The van der Waals surface area contributed by atoms with Crippen molar-refractivity contribution in [3.8, 4) is 5.75 Å². The Bertz CT molecular complexity index is 638. The van der Waals surface area contributed by atoms with E-state index in [1.54, 1.807) is 25.3 Å². The zero-order chi connectivity index (χ0) is 15.2. The highest BCUT2D eigenvalue weighted by molar-refractivity contribution is 9.10. The van der Waals surface area contributed by atoms with Crippen LogP contribution < -0.4 is 4.74 Å². The van der Waals surface area contributed by atoms with Crippen LogP contribution in [0.3, 0.4) is 0 Å². The summed E-state index contributed by atoms with van der Waals surface area (Å²) in [7, 11) is 1.63. The average Bonchev–Trinajstić information content (AvgIpc) is 2.49. The number of rotatable bonds is 6. The second kappa shape index (κ2) is 7.38. The van der Waals surface area contributed by atoms with Crippen molar-refractivity contribution >= 4 is 21.7 Å². The van der Waals surface area contributed by atoms with Crippen molar-refractivity contribution in [2.75, 3.05) is 20.3 Å². The summed E-state index contributed by atoms with van der Waals surface area (Å²) in [4.78, 5) is 12.5. The van der Waals surface area contributed by atoms with Crippen LogP contribution in [0.1, 0.15) is 21.5 Å². The van der Waals surface area contributed by atoms with Gasteiger partial charge in [-0.05, 0) is 46.6 Å². The maximum absolute atomic E-state index is 12.5. The molecule has 21 heavy (non-hydrogen) atoms. The molecule has 0 N–H and O–H groups in total. The molecule has 2 aromatic rings. The SMILES string of the molecule is COCCOc1ccc(C(=O)c2ccccc2C)cc1Br. The molecule has 0 heterocycles. The van der Waals surface area contributed by atoms with Crippen LogP contribution in [-0.4, -0.2) is 26.1 Å². The summed E-state index contributed by atoms with van der Waals surface area (Å²) >= 11 is 3.44. The smallest absolute Gasteiger partial charge is 0.193 e. The summed E-state index contributed by atoms with van der Waals surface area (Å²) in [6, 6.07) is 12.9. The number of carbonyl (C=O) groups excluding carboxylic acids is 1. The number of benzene rings is 2. The standard InChI is InChI=1S/C17H17BrO3/c1-12-5-3-4-6-14(12)17(19)13-7-8-16(15(18)11-13)21-10-9-20-2/h3-8,11H,9-10H2,1-2H3. The molecule has 0 fully saturated rings. The van der Waals surface area contributed by atoms with Crippen LogP contribution in [0.15, 0.2) is 46.9 Å². The molecule has 0 spiro atoms. The van der Waals surface area contributed by atoms with Gasteiger partial charge in [0.2, 0.25) is 0 Å². The topological polar surface area (TPSA) is 35.5 Å². The fraction of sp³-hybridized carbons (Fsp3) is 0.235. The van der Waals surface area contributed by atoms with Gasteiger partial charge in [-0.2, -0.15) is 0 Å². The first-order chi connectivity index (χ1) is 10.1. The van der Waals surface area contributed by atoms with Crippen molar-refractivity contribution in [3.05, 3.63) is 63.6 Å². The lowest BCUT2D eigenvalue weighted by molar-refractivity contribution is 0.103. The molecule has 4 heteroatoms. The lowest BCUT2D eigenvalue weighted by atomic mass is 9.99. The molecule has 0 aliphatic carbocycles. The van der Waals surface area contributed by atoms with Gasteiger partial charge in [0.15, 0.2) is 5.78 Å². The molecule has 0 saturated heterocycles. The molecule has 0 bridgehead atoms. The van der Waals surface area contributed by atoms with Crippen LogP contribution in [-0.2, 0) is 4.74 Å². The lowest BCUT2D eigenvalue weighted by Crippen LogP contribution is -2.06. The van der Waals surface area contributed by atoms with Crippen molar-refractivity contribution in [2.45, 2.75) is 6.92 Å². The maximum atomic E-state index is 12.5. The molecule has 0 aliphatic rings. The van der Waals surface area contributed by atoms with Crippen LogP contribution in [0.25, 0.3) is 0 Å². The molecule has 0 atom stereocenters. The Morgan fingerprint density at radius 1 is 1.14 bits per heavy atom. The Labute approximate surface area is 133 Å². The molecular formula is C17H17BrO3. The van der Waals surface area contributed by atoms with Crippen LogP contribution in [0.4, 0.5) is 0 Å². The normalized spacial score (nSPS) is 10.4. The quantitative estimate of drug-likeness (QED) is 0.584. The van der Waals surface area contributed by atoms with Crippen LogP contribution in [0, 0.1) is 6.92 Å². The first-order valence-electron chi connectivity index (χ1n) is 6.65. The van der Waals surface area contributed by atoms with E-state index in [4.69, 9.17) is 9.47 Å². The summed E-state index contributed by atoms with van der Waals surface area (Å²) in [6.45, 7) is 2.93. The van der Waals surface area contributed by atoms with Gasteiger partial charge >= 0.3 is 0 Å². The molecule has 0 aliphatic heterocycles. The predicted molar refractivity (Wildman–Crippen MR) is 86.1 cm³/mol. The summed E-state index contributed by atoms with van der Waals surface area (Å²) in [6.07, 6.45) is 0. The van der Waals surface area contributed by atoms with Crippen LogP contribution in [0.2, 0.25) is 0 Å². The minimum atomic E-state index is 0.0113. The van der Waals surface area contributed by atoms with E-state index in [0.29, 0.717) is 24.5 Å². The zero-order valence-electron chi connectivity index (χ0n) is 12.1. The van der Waals surface area contributed by atoms with E-state index in [9.17, 15) is 4.79 Å². The predicted octanol–water partition coefficient (Wildman–Crippen LogP) is 4.01. The van der Waals surface area contributed by atoms with Gasteiger partial charge in [-0.3, -0.25) is 4.79 Å². The minimum absolute atomic E-state index is 0.0113. The van der Waals surface area contributed by atoms with E-state index in [2.05, 4.69) is 15.9 Å². The Morgan fingerprint density at radius 2 is 1.90 bits per heavy atom. The Kier molecular flexibility index (Phi) is 5.53. The third-order valence-electron chi connectivity index (χ3n) is 3.13. The van der Waals surface area contributed by atoms with E-state index in [1.165, 1.54) is 0 Å². The number of ether oxygens (including phenoxy) is 2. The lowest BCUT2D eigenvalue weighted by Gasteiger charge is -2.10. The molecule has 2 rings (SSSR count). The van der Waals surface area contributed by atoms with E-state index >= 15 is 0 Å². The number of hydrogen-bond acceptors (Lipinski definition) is 3. The van der Waals surface area contributed by atoms with E-state index < -0.39 is 0 Å². The van der Waals surface area contributed by atoms with Crippen LogP contribution >= 0.6 is 15.9 Å². The molecule has 110 valence electrons. The molecule has 0 saturated carbocycles.